The maximum atomic E-state index is 5.61. The van der Waals surface area contributed by atoms with Crippen molar-refractivity contribution in [3.05, 3.63) is 5.89 Å². The number of hydrogen-bond acceptors (Lipinski definition) is 6. The lowest BCUT2D eigenvalue weighted by molar-refractivity contribution is 0.456. The molecule has 1 aliphatic carbocycles. The summed E-state index contributed by atoms with van der Waals surface area (Å²) >= 11 is 1.96. The summed E-state index contributed by atoms with van der Waals surface area (Å²) in [6.45, 7) is 6.87. The number of nitrogens with zero attached hydrogens (tertiary/aromatic N) is 2. The SMILES string of the molecule is CSC1(CNc2nnc(CNCC(C)C)o2)CCCC1. The van der Waals surface area contributed by atoms with Crippen LogP contribution in [0.5, 0.6) is 0 Å². The Morgan fingerprint density at radius 3 is 2.70 bits per heavy atom. The van der Waals surface area contributed by atoms with E-state index in [2.05, 4.69) is 40.9 Å². The summed E-state index contributed by atoms with van der Waals surface area (Å²) in [4.78, 5) is 0. The van der Waals surface area contributed by atoms with Crippen molar-refractivity contribution in [1.29, 1.82) is 0 Å². The minimum absolute atomic E-state index is 0.352. The Morgan fingerprint density at radius 1 is 1.30 bits per heavy atom. The van der Waals surface area contributed by atoms with Crippen LogP contribution in [0.15, 0.2) is 4.42 Å². The van der Waals surface area contributed by atoms with Crippen molar-refractivity contribution < 1.29 is 4.42 Å². The van der Waals surface area contributed by atoms with E-state index < -0.39 is 0 Å². The fourth-order valence-electron chi connectivity index (χ4n) is 2.57. The van der Waals surface area contributed by atoms with Gasteiger partial charge in [0, 0.05) is 11.3 Å². The van der Waals surface area contributed by atoms with Gasteiger partial charge in [-0.05, 0) is 31.6 Å². The summed E-state index contributed by atoms with van der Waals surface area (Å²) in [5, 5.41) is 14.7. The van der Waals surface area contributed by atoms with Crippen LogP contribution in [0.4, 0.5) is 6.01 Å². The second-order valence-electron chi connectivity index (χ2n) is 5.97. The maximum absolute atomic E-state index is 5.61. The van der Waals surface area contributed by atoms with Crippen molar-refractivity contribution in [2.45, 2.75) is 50.8 Å². The first-order valence-corrected chi connectivity index (χ1v) is 8.68. The Labute approximate surface area is 125 Å². The zero-order valence-corrected chi connectivity index (χ0v) is 13.6. The monoisotopic (exact) mass is 298 g/mol. The van der Waals surface area contributed by atoms with E-state index in [0.29, 0.717) is 29.1 Å². The van der Waals surface area contributed by atoms with Crippen molar-refractivity contribution in [2.75, 3.05) is 24.7 Å². The van der Waals surface area contributed by atoms with E-state index in [4.69, 9.17) is 4.42 Å². The predicted octanol–water partition coefficient (Wildman–Crippen LogP) is 2.90. The standard InChI is InChI=1S/C14H26N4OS/c1-11(2)8-15-9-12-17-18-13(19-12)16-10-14(20-3)6-4-5-7-14/h11,15H,4-10H2,1-3H3,(H,16,18). The van der Waals surface area contributed by atoms with Gasteiger partial charge in [-0.2, -0.15) is 11.8 Å². The molecule has 6 heteroatoms. The molecule has 1 aromatic rings. The normalized spacial score (nSPS) is 17.8. The molecule has 20 heavy (non-hydrogen) atoms. The molecule has 1 fully saturated rings. The van der Waals surface area contributed by atoms with Crippen molar-refractivity contribution >= 4 is 17.8 Å². The summed E-state index contributed by atoms with van der Waals surface area (Å²) in [6.07, 6.45) is 7.41. The van der Waals surface area contributed by atoms with Crippen molar-refractivity contribution in [2.24, 2.45) is 5.92 Å². The lowest BCUT2D eigenvalue weighted by atomic mass is 10.1. The van der Waals surface area contributed by atoms with Crippen LogP contribution in [-0.4, -0.2) is 34.3 Å². The largest absolute Gasteiger partial charge is 0.407 e. The number of aromatic nitrogens is 2. The average Bonchev–Trinajstić information content (AvgIpc) is 3.05. The third-order valence-corrected chi connectivity index (χ3v) is 5.22. The first kappa shape index (κ1) is 15.6. The van der Waals surface area contributed by atoms with Crippen LogP contribution in [0.3, 0.4) is 0 Å². The summed E-state index contributed by atoms with van der Waals surface area (Å²) in [5.74, 6) is 1.28. The van der Waals surface area contributed by atoms with Gasteiger partial charge < -0.3 is 15.1 Å². The highest BCUT2D eigenvalue weighted by Gasteiger charge is 2.33. The van der Waals surface area contributed by atoms with E-state index in [1.54, 1.807) is 0 Å². The van der Waals surface area contributed by atoms with Crippen LogP contribution < -0.4 is 10.6 Å². The minimum Gasteiger partial charge on any atom is -0.407 e. The van der Waals surface area contributed by atoms with E-state index in [1.807, 2.05) is 11.8 Å². The number of thioether (sulfide) groups is 1. The van der Waals surface area contributed by atoms with E-state index in [0.717, 1.165) is 13.1 Å². The average molecular weight is 298 g/mol. The molecule has 0 unspecified atom stereocenters. The fourth-order valence-corrected chi connectivity index (χ4v) is 3.49. The molecule has 2 N–H and O–H groups in total. The first-order chi connectivity index (χ1) is 9.63. The molecular weight excluding hydrogens is 272 g/mol. The van der Waals surface area contributed by atoms with E-state index in [9.17, 15) is 0 Å². The molecule has 0 radical (unpaired) electrons. The topological polar surface area (TPSA) is 63.0 Å². The molecule has 5 nitrogen and oxygen atoms in total. The summed E-state index contributed by atoms with van der Waals surface area (Å²) in [6, 6.07) is 0.548. The Balaban J connectivity index is 1.77. The van der Waals surface area contributed by atoms with Gasteiger partial charge >= 0.3 is 6.01 Å². The molecule has 2 rings (SSSR count). The van der Waals surface area contributed by atoms with Crippen LogP contribution in [0, 0.1) is 5.92 Å². The van der Waals surface area contributed by atoms with Gasteiger partial charge in [-0.15, -0.1) is 5.10 Å². The van der Waals surface area contributed by atoms with Crippen LogP contribution >= 0.6 is 11.8 Å². The van der Waals surface area contributed by atoms with E-state index in [-0.39, 0.29) is 0 Å². The van der Waals surface area contributed by atoms with Gasteiger partial charge in [-0.1, -0.05) is 31.8 Å². The Bertz CT molecular complexity index is 402. The van der Waals surface area contributed by atoms with Gasteiger partial charge in [0.2, 0.25) is 5.89 Å². The number of anilines is 1. The quantitative estimate of drug-likeness (QED) is 0.769. The molecule has 0 aromatic carbocycles. The highest BCUT2D eigenvalue weighted by atomic mass is 32.2. The number of hydrogen-bond donors (Lipinski definition) is 2. The minimum atomic E-state index is 0.352. The van der Waals surface area contributed by atoms with Gasteiger partial charge in [0.15, 0.2) is 0 Å². The van der Waals surface area contributed by atoms with Crippen LogP contribution in [0.1, 0.15) is 45.4 Å². The molecule has 1 aromatic heterocycles. The number of nitrogens with one attached hydrogen (secondary N) is 2. The molecule has 0 aliphatic heterocycles. The molecule has 0 atom stereocenters. The second kappa shape index (κ2) is 7.31. The molecule has 1 saturated carbocycles. The lowest BCUT2D eigenvalue weighted by Crippen LogP contribution is -2.30. The van der Waals surface area contributed by atoms with Crippen LogP contribution in [0.2, 0.25) is 0 Å². The molecule has 0 spiro atoms. The highest BCUT2D eigenvalue weighted by molar-refractivity contribution is 8.00. The van der Waals surface area contributed by atoms with Gasteiger partial charge in [0.1, 0.15) is 0 Å². The Hall–Kier alpha value is -0.750. The fraction of sp³-hybridized carbons (Fsp3) is 0.857. The summed E-state index contributed by atoms with van der Waals surface area (Å²) < 4.78 is 5.96. The Kier molecular flexibility index (Phi) is 5.72. The zero-order valence-electron chi connectivity index (χ0n) is 12.7. The van der Waals surface area contributed by atoms with Crippen LogP contribution in [-0.2, 0) is 6.54 Å². The van der Waals surface area contributed by atoms with Crippen LogP contribution in [0.25, 0.3) is 0 Å². The Morgan fingerprint density at radius 2 is 2.05 bits per heavy atom. The third-order valence-electron chi connectivity index (χ3n) is 3.81. The van der Waals surface area contributed by atoms with Gasteiger partial charge in [0.25, 0.3) is 0 Å². The van der Waals surface area contributed by atoms with Gasteiger partial charge in [0.05, 0.1) is 6.54 Å². The number of rotatable bonds is 8. The predicted molar refractivity (Wildman–Crippen MR) is 84.0 cm³/mol. The molecule has 0 saturated heterocycles. The van der Waals surface area contributed by atoms with Crippen molar-refractivity contribution in [3.63, 3.8) is 0 Å². The molecule has 0 bridgehead atoms. The molecule has 0 amide bonds. The zero-order chi connectivity index (χ0) is 14.4. The highest BCUT2D eigenvalue weighted by Crippen LogP contribution is 2.40. The molecule has 1 aliphatic rings. The third kappa shape index (κ3) is 4.38. The van der Waals surface area contributed by atoms with E-state index >= 15 is 0 Å². The van der Waals surface area contributed by atoms with Gasteiger partial charge in [-0.25, -0.2) is 0 Å². The maximum Gasteiger partial charge on any atom is 0.315 e. The van der Waals surface area contributed by atoms with Crippen molar-refractivity contribution in [1.82, 2.24) is 15.5 Å². The molecule has 1 heterocycles. The molecular formula is C14H26N4OS. The lowest BCUT2D eigenvalue weighted by Gasteiger charge is -2.26. The smallest absolute Gasteiger partial charge is 0.315 e. The van der Waals surface area contributed by atoms with E-state index in [1.165, 1.54) is 25.7 Å². The van der Waals surface area contributed by atoms with Crippen molar-refractivity contribution in [3.8, 4) is 0 Å². The summed E-state index contributed by atoms with van der Waals surface area (Å²) in [5.41, 5.74) is 0. The summed E-state index contributed by atoms with van der Waals surface area (Å²) in [7, 11) is 0. The second-order valence-corrected chi connectivity index (χ2v) is 7.25. The van der Waals surface area contributed by atoms with Gasteiger partial charge in [-0.3, -0.25) is 0 Å². The first-order valence-electron chi connectivity index (χ1n) is 7.46. The molecule has 114 valence electrons.